The SMILES string of the molecule is CCOc1cc(C=Nn2c(CC)nc3ccc(Br)cc3c2=O)c(Br)c(Cl)c1OCc1ccccc1F. The van der Waals surface area contributed by atoms with Gasteiger partial charge in [0.05, 0.1) is 23.7 Å². The van der Waals surface area contributed by atoms with E-state index in [2.05, 4.69) is 41.9 Å². The summed E-state index contributed by atoms with van der Waals surface area (Å²) in [5.41, 5.74) is 1.27. The summed E-state index contributed by atoms with van der Waals surface area (Å²) < 4.78 is 28.2. The van der Waals surface area contributed by atoms with E-state index < -0.39 is 0 Å². The van der Waals surface area contributed by atoms with Crippen LogP contribution in [0.2, 0.25) is 5.02 Å². The third kappa shape index (κ3) is 5.48. The molecule has 0 aliphatic rings. The predicted molar refractivity (Wildman–Crippen MR) is 147 cm³/mol. The fraction of sp³-hybridized carbons (Fsp3) is 0.192. The van der Waals surface area contributed by atoms with Crippen molar-refractivity contribution >= 4 is 60.6 Å². The number of fused-ring (bicyclic) bond motifs is 1. The van der Waals surface area contributed by atoms with Crippen LogP contribution in [-0.4, -0.2) is 22.5 Å². The van der Waals surface area contributed by atoms with Crippen LogP contribution in [-0.2, 0) is 13.0 Å². The van der Waals surface area contributed by atoms with Crippen molar-refractivity contribution in [1.82, 2.24) is 9.66 Å². The zero-order valence-electron chi connectivity index (χ0n) is 19.4. The van der Waals surface area contributed by atoms with Crippen LogP contribution in [0.15, 0.2) is 67.4 Å². The second kappa shape index (κ2) is 11.5. The third-order valence-electron chi connectivity index (χ3n) is 5.29. The first-order valence-corrected chi connectivity index (χ1v) is 13.1. The quantitative estimate of drug-likeness (QED) is 0.193. The summed E-state index contributed by atoms with van der Waals surface area (Å²) in [5.74, 6) is 0.785. The minimum Gasteiger partial charge on any atom is -0.490 e. The van der Waals surface area contributed by atoms with Gasteiger partial charge in [-0.25, -0.2) is 9.37 Å². The Bertz CT molecular complexity index is 1530. The summed E-state index contributed by atoms with van der Waals surface area (Å²) in [6, 6.07) is 13.4. The molecule has 186 valence electrons. The Hall–Kier alpha value is -2.75. The van der Waals surface area contributed by atoms with Gasteiger partial charge in [-0.1, -0.05) is 52.7 Å². The molecule has 1 aromatic heterocycles. The molecule has 0 unspecified atom stereocenters. The van der Waals surface area contributed by atoms with E-state index in [1.165, 1.54) is 17.0 Å². The highest BCUT2D eigenvalue weighted by molar-refractivity contribution is 9.10. The number of aryl methyl sites for hydroxylation is 1. The molecule has 0 atom stereocenters. The lowest BCUT2D eigenvalue weighted by Gasteiger charge is -2.16. The van der Waals surface area contributed by atoms with Crippen molar-refractivity contribution in [2.24, 2.45) is 5.10 Å². The van der Waals surface area contributed by atoms with Crippen LogP contribution < -0.4 is 15.0 Å². The normalized spacial score (nSPS) is 11.4. The molecular formula is C26H21Br2ClFN3O3. The number of halogens is 4. The zero-order valence-corrected chi connectivity index (χ0v) is 23.3. The molecule has 0 N–H and O–H groups in total. The molecule has 0 radical (unpaired) electrons. The van der Waals surface area contributed by atoms with Gasteiger partial charge < -0.3 is 9.47 Å². The van der Waals surface area contributed by atoms with E-state index in [1.54, 1.807) is 36.4 Å². The summed E-state index contributed by atoms with van der Waals surface area (Å²) in [6.45, 7) is 4.06. The molecule has 0 aliphatic carbocycles. The number of ether oxygens (including phenoxy) is 2. The smallest absolute Gasteiger partial charge is 0.282 e. The maximum Gasteiger partial charge on any atom is 0.282 e. The van der Waals surface area contributed by atoms with Gasteiger partial charge >= 0.3 is 0 Å². The van der Waals surface area contributed by atoms with Gasteiger partial charge in [-0.3, -0.25) is 4.79 Å². The van der Waals surface area contributed by atoms with Gasteiger partial charge in [0.2, 0.25) is 0 Å². The molecule has 0 fully saturated rings. The van der Waals surface area contributed by atoms with E-state index >= 15 is 0 Å². The highest BCUT2D eigenvalue weighted by Gasteiger charge is 2.18. The number of benzene rings is 3. The molecule has 0 saturated heterocycles. The molecule has 4 rings (SSSR count). The number of rotatable bonds is 8. The Morgan fingerprint density at radius 1 is 1.14 bits per heavy atom. The molecule has 1 heterocycles. The molecule has 0 aliphatic heterocycles. The molecule has 0 amide bonds. The van der Waals surface area contributed by atoms with Crippen LogP contribution in [0.3, 0.4) is 0 Å². The average molecular weight is 638 g/mol. The lowest BCUT2D eigenvalue weighted by Crippen LogP contribution is -2.22. The minimum absolute atomic E-state index is 0.0279. The number of hydrogen-bond acceptors (Lipinski definition) is 5. The Balaban J connectivity index is 1.74. The summed E-state index contributed by atoms with van der Waals surface area (Å²) in [6.07, 6.45) is 2.01. The highest BCUT2D eigenvalue weighted by Crippen LogP contribution is 2.42. The van der Waals surface area contributed by atoms with Crippen molar-refractivity contribution in [2.45, 2.75) is 26.9 Å². The minimum atomic E-state index is -0.373. The monoisotopic (exact) mass is 635 g/mol. The molecule has 0 saturated carbocycles. The Morgan fingerprint density at radius 2 is 1.92 bits per heavy atom. The zero-order chi connectivity index (χ0) is 25.8. The lowest BCUT2D eigenvalue weighted by molar-refractivity contribution is 0.266. The van der Waals surface area contributed by atoms with Crippen LogP contribution in [0.25, 0.3) is 10.9 Å². The second-order valence-electron chi connectivity index (χ2n) is 7.64. The van der Waals surface area contributed by atoms with E-state index in [0.29, 0.717) is 51.1 Å². The van der Waals surface area contributed by atoms with E-state index in [4.69, 9.17) is 21.1 Å². The van der Waals surface area contributed by atoms with Crippen molar-refractivity contribution in [2.75, 3.05) is 6.61 Å². The molecule has 0 bridgehead atoms. The first-order valence-electron chi connectivity index (χ1n) is 11.1. The van der Waals surface area contributed by atoms with Crippen LogP contribution in [0, 0.1) is 5.82 Å². The molecule has 10 heteroatoms. The van der Waals surface area contributed by atoms with Gasteiger partial charge in [0, 0.05) is 26.5 Å². The molecule has 6 nitrogen and oxygen atoms in total. The second-order valence-corrected chi connectivity index (χ2v) is 9.73. The molecular weight excluding hydrogens is 617 g/mol. The van der Waals surface area contributed by atoms with Gasteiger partial charge in [0.25, 0.3) is 5.56 Å². The van der Waals surface area contributed by atoms with Gasteiger partial charge in [-0.15, -0.1) is 0 Å². The van der Waals surface area contributed by atoms with Gasteiger partial charge in [-0.05, 0) is 53.2 Å². The Kier molecular flexibility index (Phi) is 8.43. The standard InChI is InChI=1S/C26H21Br2ClFN3O3/c1-3-22-32-20-10-9-17(27)12-18(20)26(34)33(22)31-13-16-11-21(35-4-2)25(24(29)23(16)28)36-14-15-7-5-6-8-19(15)30/h5-13H,3-4,14H2,1-2H3. The Morgan fingerprint density at radius 3 is 2.64 bits per heavy atom. The van der Waals surface area contributed by atoms with Crippen molar-refractivity contribution in [1.29, 1.82) is 0 Å². The number of hydrogen-bond donors (Lipinski definition) is 0. The van der Waals surface area contributed by atoms with E-state index in [9.17, 15) is 9.18 Å². The topological polar surface area (TPSA) is 65.7 Å². The summed E-state index contributed by atoms with van der Waals surface area (Å²) in [5, 5.41) is 5.12. The maximum absolute atomic E-state index is 14.1. The Labute approximate surface area is 229 Å². The fourth-order valence-corrected chi connectivity index (χ4v) is 4.54. The van der Waals surface area contributed by atoms with Gasteiger partial charge in [-0.2, -0.15) is 9.78 Å². The lowest BCUT2D eigenvalue weighted by atomic mass is 10.2. The van der Waals surface area contributed by atoms with Crippen molar-refractivity contribution in [3.05, 3.63) is 95.6 Å². The van der Waals surface area contributed by atoms with Crippen molar-refractivity contribution in [3.63, 3.8) is 0 Å². The number of nitrogens with zero attached hydrogens (tertiary/aromatic N) is 3. The summed E-state index contributed by atoms with van der Waals surface area (Å²) in [4.78, 5) is 17.8. The molecule has 3 aromatic carbocycles. The largest absolute Gasteiger partial charge is 0.490 e. The van der Waals surface area contributed by atoms with Crippen LogP contribution in [0.4, 0.5) is 4.39 Å². The van der Waals surface area contributed by atoms with Gasteiger partial charge in [0.15, 0.2) is 11.5 Å². The first kappa shape index (κ1) is 26.3. The maximum atomic E-state index is 14.1. The molecule has 0 spiro atoms. The van der Waals surface area contributed by atoms with E-state index in [-0.39, 0.29) is 28.8 Å². The van der Waals surface area contributed by atoms with Crippen molar-refractivity contribution in [3.8, 4) is 11.5 Å². The van der Waals surface area contributed by atoms with Gasteiger partial charge in [0.1, 0.15) is 23.3 Å². The van der Waals surface area contributed by atoms with Crippen LogP contribution in [0.5, 0.6) is 11.5 Å². The predicted octanol–water partition coefficient (Wildman–Crippen LogP) is 7.14. The first-order chi connectivity index (χ1) is 17.3. The van der Waals surface area contributed by atoms with E-state index in [0.717, 1.165) is 4.47 Å². The highest BCUT2D eigenvalue weighted by atomic mass is 79.9. The summed E-state index contributed by atoms with van der Waals surface area (Å²) >= 11 is 13.5. The van der Waals surface area contributed by atoms with Crippen LogP contribution >= 0.6 is 43.5 Å². The fourth-order valence-electron chi connectivity index (χ4n) is 3.52. The third-order valence-corrected chi connectivity index (χ3v) is 7.23. The average Bonchev–Trinajstić information content (AvgIpc) is 2.87. The number of aromatic nitrogens is 2. The molecule has 36 heavy (non-hydrogen) atoms. The van der Waals surface area contributed by atoms with Crippen LogP contribution in [0.1, 0.15) is 30.8 Å². The summed E-state index contributed by atoms with van der Waals surface area (Å²) in [7, 11) is 0. The molecule has 4 aromatic rings. The van der Waals surface area contributed by atoms with Crippen molar-refractivity contribution < 1.29 is 13.9 Å². The van der Waals surface area contributed by atoms with E-state index in [1.807, 2.05) is 19.9 Å².